The van der Waals surface area contributed by atoms with Crippen molar-refractivity contribution in [3.63, 3.8) is 0 Å². The molecule has 1 aliphatic heterocycles. The van der Waals surface area contributed by atoms with E-state index in [1.807, 2.05) is 0 Å². The lowest BCUT2D eigenvalue weighted by molar-refractivity contribution is 0.0168. The molecule has 0 bridgehead atoms. The van der Waals surface area contributed by atoms with E-state index in [-0.39, 0.29) is 24.0 Å². The summed E-state index contributed by atoms with van der Waals surface area (Å²) in [7, 11) is 4.10. The molecule has 0 saturated carbocycles. The highest BCUT2D eigenvalue weighted by Crippen LogP contribution is 2.14. The molecule has 2 N–H and O–H groups in total. The van der Waals surface area contributed by atoms with E-state index < -0.39 is 0 Å². The van der Waals surface area contributed by atoms with E-state index in [0.717, 1.165) is 58.1 Å². The number of benzene rings is 1. The zero-order valence-corrected chi connectivity index (χ0v) is 19.2. The van der Waals surface area contributed by atoms with Gasteiger partial charge in [0.2, 0.25) is 0 Å². The molecule has 1 saturated heterocycles. The molecular weight excluding hydrogens is 455 g/mol. The number of rotatable bonds is 10. The average Bonchev–Trinajstić information content (AvgIpc) is 3.16. The van der Waals surface area contributed by atoms with Gasteiger partial charge in [-0.05, 0) is 43.9 Å². The average molecular weight is 490 g/mol. The Morgan fingerprint density at radius 2 is 2.19 bits per heavy atom. The maximum Gasteiger partial charge on any atom is 0.191 e. The van der Waals surface area contributed by atoms with Crippen LogP contribution < -0.4 is 15.5 Å². The third kappa shape index (κ3) is 9.62. The van der Waals surface area contributed by atoms with E-state index >= 15 is 0 Å². The second-order valence-electron chi connectivity index (χ2n) is 6.75. The lowest BCUT2D eigenvalue weighted by Crippen LogP contribution is -2.38. The summed E-state index contributed by atoms with van der Waals surface area (Å²) in [4.78, 5) is 6.78. The van der Waals surface area contributed by atoms with Gasteiger partial charge < -0.3 is 25.0 Å². The molecule has 1 fully saturated rings. The summed E-state index contributed by atoms with van der Waals surface area (Å²) in [5.41, 5.74) is 2.40. The Bertz CT molecular complexity index is 549. The minimum atomic E-state index is 0. The van der Waals surface area contributed by atoms with Crippen molar-refractivity contribution >= 4 is 35.6 Å². The van der Waals surface area contributed by atoms with Gasteiger partial charge in [0, 0.05) is 46.1 Å². The quantitative estimate of drug-likeness (QED) is 0.229. The number of guanidine groups is 1. The summed E-state index contributed by atoms with van der Waals surface area (Å²) in [5.74, 6) is 0.849. The minimum Gasteiger partial charge on any atom is -0.379 e. The van der Waals surface area contributed by atoms with E-state index in [4.69, 9.17) is 9.47 Å². The minimum absolute atomic E-state index is 0. The third-order valence-electron chi connectivity index (χ3n) is 4.28. The molecule has 0 aromatic heterocycles. The number of nitrogens with one attached hydrogen (secondary N) is 2. The molecule has 0 aliphatic carbocycles. The first-order chi connectivity index (χ1) is 12.7. The van der Waals surface area contributed by atoms with Crippen LogP contribution in [-0.2, 0) is 16.0 Å². The Labute approximate surface area is 181 Å². The van der Waals surface area contributed by atoms with Crippen molar-refractivity contribution in [1.29, 1.82) is 0 Å². The van der Waals surface area contributed by atoms with E-state index in [1.165, 1.54) is 11.3 Å². The number of aliphatic imine (C=N–C) groups is 1. The van der Waals surface area contributed by atoms with Gasteiger partial charge in [-0.2, -0.15) is 0 Å². The number of ether oxygens (including phenoxy) is 2. The molecule has 154 valence electrons. The van der Waals surface area contributed by atoms with Crippen molar-refractivity contribution in [3.05, 3.63) is 29.8 Å². The van der Waals surface area contributed by atoms with Crippen molar-refractivity contribution in [1.82, 2.24) is 10.6 Å². The van der Waals surface area contributed by atoms with Gasteiger partial charge in [-0.15, -0.1) is 24.0 Å². The van der Waals surface area contributed by atoms with Crippen LogP contribution in [0, 0.1) is 0 Å². The van der Waals surface area contributed by atoms with Gasteiger partial charge in [-0.1, -0.05) is 12.1 Å². The zero-order valence-electron chi connectivity index (χ0n) is 16.9. The van der Waals surface area contributed by atoms with E-state index in [1.54, 1.807) is 0 Å². The molecule has 0 amide bonds. The normalized spacial score (nSPS) is 16.7. The fraction of sp³-hybridized carbons (Fsp3) is 0.650. The van der Waals surface area contributed by atoms with Crippen LogP contribution in [0.4, 0.5) is 5.69 Å². The molecule has 2 rings (SSSR count). The maximum absolute atomic E-state index is 5.69. The molecule has 7 heteroatoms. The number of hydrogen-bond donors (Lipinski definition) is 2. The second-order valence-corrected chi connectivity index (χ2v) is 6.75. The molecule has 1 aromatic rings. The standard InChI is InChI=1S/C20H34N4O2.HI/c1-4-21-20(22-11-7-12-25-16-19-10-6-13-26-19)23-15-17-8-5-9-18(14-17)24(2)3;/h5,8-9,14,19H,4,6-7,10-13,15-16H2,1-3H3,(H2,21,22,23);1H. The monoisotopic (exact) mass is 490 g/mol. The van der Waals surface area contributed by atoms with Crippen LogP contribution in [-0.4, -0.2) is 59.1 Å². The fourth-order valence-electron chi connectivity index (χ4n) is 2.82. The highest BCUT2D eigenvalue weighted by atomic mass is 127. The Hall–Kier alpha value is -1.06. The van der Waals surface area contributed by atoms with Crippen LogP contribution in [0.2, 0.25) is 0 Å². The first kappa shape index (κ1) is 24.0. The Balaban J connectivity index is 0.00000364. The predicted octanol–water partition coefficient (Wildman–Crippen LogP) is 3.01. The van der Waals surface area contributed by atoms with Crippen LogP contribution in [0.1, 0.15) is 31.7 Å². The SMILES string of the molecule is CCNC(=NCc1cccc(N(C)C)c1)NCCCOCC1CCCO1.I. The number of anilines is 1. The zero-order chi connectivity index (χ0) is 18.6. The Morgan fingerprint density at radius 3 is 2.89 bits per heavy atom. The molecule has 1 aromatic carbocycles. The second kappa shape index (κ2) is 14.0. The molecular formula is C20H35IN4O2. The largest absolute Gasteiger partial charge is 0.379 e. The molecule has 1 unspecified atom stereocenters. The summed E-state index contributed by atoms with van der Waals surface area (Å²) in [6.45, 7) is 6.78. The predicted molar refractivity (Wildman–Crippen MR) is 123 cm³/mol. The van der Waals surface area contributed by atoms with Crippen LogP contribution >= 0.6 is 24.0 Å². The van der Waals surface area contributed by atoms with Crippen LogP contribution in [0.15, 0.2) is 29.3 Å². The van der Waals surface area contributed by atoms with E-state index in [2.05, 4.69) is 65.8 Å². The van der Waals surface area contributed by atoms with Gasteiger partial charge in [-0.25, -0.2) is 4.99 Å². The number of hydrogen-bond acceptors (Lipinski definition) is 4. The van der Waals surface area contributed by atoms with Crippen molar-refractivity contribution in [3.8, 4) is 0 Å². The van der Waals surface area contributed by atoms with Gasteiger partial charge in [0.25, 0.3) is 0 Å². The highest BCUT2D eigenvalue weighted by Gasteiger charge is 2.14. The third-order valence-corrected chi connectivity index (χ3v) is 4.28. The van der Waals surface area contributed by atoms with Crippen molar-refractivity contribution in [2.24, 2.45) is 4.99 Å². The first-order valence-corrected chi connectivity index (χ1v) is 9.67. The smallest absolute Gasteiger partial charge is 0.191 e. The van der Waals surface area contributed by atoms with Crippen LogP contribution in [0.25, 0.3) is 0 Å². The molecule has 0 radical (unpaired) electrons. The maximum atomic E-state index is 5.69. The summed E-state index contributed by atoms with van der Waals surface area (Å²) in [6, 6.07) is 8.46. The lowest BCUT2D eigenvalue weighted by atomic mass is 10.2. The molecule has 1 aliphatic rings. The molecule has 6 nitrogen and oxygen atoms in total. The lowest BCUT2D eigenvalue weighted by Gasteiger charge is -2.14. The fourth-order valence-corrected chi connectivity index (χ4v) is 2.82. The van der Waals surface area contributed by atoms with E-state index in [9.17, 15) is 0 Å². The summed E-state index contributed by atoms with van der Waals surface area (Å²) < 4.78 is 11.2. The van der Waals surface area contributed by atoms with Crippen molar-refractivity contribution in [2.45, 2.75) is 38.8 Å². The molecule has 27 heavy (non-hydrogen) atoms. The summed E-state index contributed by atoms with van der Waals surface area (Å²) in [6.07, 6.45) is 3.55. The van der Waals surface area contributed by atoms with Crippen LogP contribution in [0.3, 0.4) is 0 Å². The highest BCUT2D eigenvalue weighted by molar-refractivity contribution is 14.0. The van der Waals surface area contributed by atoms with Gasteiger partial charge in [0.05, 0.1) is 19.3 Å². The van der Waals surface area contributed by atoms with Crippen molar-refractivity contribution < 1.29 is 9.47 Å². The molecule has 0 spiro atoms. The Morgan fingerprint density at radius 1 is 1.33 bits per heavy atom. The summed E-state index contributed by atoms with van der Waals surface area (Å²) in [5, 5.41) is 6.67. The number of halogens is 1. The topological polar surface area (TPSA) is 58.1 Å². The van der Waals surface area contributed by atoms with Gasteiger partial charge in [0.1, 0.15) is 0 Å². The number of nitrogens with zero attached hydrogens (tertiary/aromatic N) is 2. The van der Waals surface area contributed by atoms with Crippen LogP contribution in [0.5, 0.6) is 0 Å². The first-order valence-electron chi connectivity index (χ1n) is 9.67. The molecule has 1 heterocycles. The Kier molecular flexibility index (Phi) is 12.4. The van der Waals surface area contributed by atoms with Gasteiger partial charge >= 0.3 is 0 Å². The van der Waals surface area contributed by atoms with Crippen molar-refractivity contribution in [2.75, 3.05) is 51.9 Å². The molecule has 1 atom stereocenters. The van der Waals surface area contributed by atoms with E-state index in [0.29, 0.717) is 12.6 Å². The summed E-state index contributed by atoms with van der Waals surface area (Å²) >= 11 is 0. The van der Waals surface area contributed by atoms with Gasteiger partial charge in [0.15, 0.2) is 5.96 Å². The van der Waals surface area contributed by atoms with Gasteiger partial charge in [-0.3, -0.25) is 0 Å².